The van der Waals surface area contributed by atoms with Crippen molar-refractivity contribution < 1.29 is 81.7 Å². The number of hydrogen-bond acceptors (Lipinski definition) is 16. The molecule has 3 aromatic heterocycles. The highest BCUT2D eigenvalue weighted by Gasteiger charge is 2.34. The highest BCUT2D eigenvalue weighted by atomic mass is 16.4. The van der Waals surface area contributed by atoms with E-state index in [0.29, 0.717) is 27.5 Å². The average Bonchev–Trinajstić information content (AvgIpc) is 3.92. The number of aromatic hydroxyl groups is 16. The number of rotatable bonds is 3. The number of aryl methyl sites for hydroxylation is 1. The molecule has 312 valence electrons. The first-order valence-electron chi connectivity index (χ1n) is 18.1. The second-order valence-electron chi connectivity index (χ2n) is 14.7. The zero-order valence-electron chi connectivity index (χ0n) is 31.3. The highest BCUT2D eigenvalue weighted by molar-refractivity contribution is 6.23. The fraction of sp³-hybridized carbons (Fsp3) is 0.0233. The minimum absolute atomic E-state index is 0.00793. The van der Waals surface area contributed by atoms with Crippen LogP contribution in [0.3, 0.4) is 0 Å². The first kappa shape index (κ1) is 37.0. The van der Waals surface area contributed by atoms with Gasteiger partial charge in [-0.25, -0.2) is 0 Å². The molecule has 0 fully saturated rings. The van der Waals surface area contributed by atoms with Gasteiger partial charge < -0.3 is 95.4 Å². The molecule has 19 nitrogen and oxygen atoms in total. The van der Waals surface area contributed by atoms with E-state index in [2.05, 4.69) is 0 Å². The zero-order valence-corrected chi connectivity index (χ0v) is 31.3. The Kier molecular flexibility index (Phi) is 7.12. The van der Waals surface area contributed by atoms with Crippen LogP contribution in [-0.2, 0) is 0 Å². The zero-order chi connectivity index (χ0) is 44.3. The Morgan fingerprint density at radius 1 is 0.290 bits per heavy atom. The van der Waals surface area contributed by atoms with Gasteiger partial charge in [-0.15, -0.1) is 0 Å². The number of aromatic nitrogens is 3. The molecule has 0 saturated carbocycles. The van der Waals surface area contributed by atoms with E-state index >= 15 is 0 Å². The van der Waals surface area contributed by atoms with Gasteiger partial charge in [-0.3, -0.25) is 0 Å². The average molecular weight is 844 g/mol. The Morgan fingerprint density at radius 2 is 0.581 bits per heavy atom. The van der Waals surface area contributed by atoms with Crippen LogP contribution in [0, 0.1) is 6.92 Å². The van der Waals surface area contributed by atoms with Crippen LogP contribution in [0.4, 0.5) is 0 Å². The number of phenols is 16. The standard InChI is InChI=1S/C43H29N3O16/c1-12-3-2-4-13(9-12)44-18-7-5-14(45-24-20(28(47)36(55)40(59)32(24)51)21-25(45)33(52)41(60)37(56)29(21)48)10-16(18)17-11-15(6-8-19(17)44)46-26-22(30(49)38(57)42(61)34(26)53)23-27(46)35(54)43(62)39(58)31(23)50/h2-11,47-62H,1H3. The Labute approximate surface area is 342 Å². The maximum Gasteiger partial charge on any atom is 0.206 e. The molecule has 0 spiro atoms. The van der Waals surface area contributed by atoms with Crippen molar-refractivity contribution in [2.45, 2.75) is 6.92 Å². The van der Waals surface area contributed by atoms with Gasteiger partial charge in [0.1, 0.15) is 22.1 Å². The third kappa shape index (κ3) is 4.31. The van der Waals surface area contributed by atoms with E-state index in [4.69, 9.17) is 0 Å². The van der Waals surface area contributed by atoms with Gasteiger partial charge in [-0.1, -0.05) is 12.1 Å². The van der Waals surface area contributed by atoms with Crippen molar-refractivity contribution >= 4 is 65.4 Å². The molecule has 0 bridgehead atoms. The number of nitrogens with zero attached hydrogens (tertiary/aromatic N) is 3. The second-order valence-corrected chi connectivity index (χ2v) is 14.7. The van der Waals surface area contributed by atoms with Gasteiger partial charge in [0.25, 0.3) is 0 Å². The lowest BCUT2D eigenvalue weighted by Crippen LogP contribution is -1.97. The molecule has 10 rings (SSSR count). The molecule has 0 aliphatic carbocycles. The van der Waals surface area contributed by atoms with E-state index in [1.807, 2.05) is 35.8 Å². The lowest BCUT2D eigenvalue weighted by molar-refractivity contribution is 0.350. The van der Waals surface area contributed by atoms with Gasteiger partial charge in [-0.05, 0) is 61.0 Å². The van der Waals surface area contributed by atoms with Gasteiger partial charge in [0, 0.05) is 27.8 Å². The van der Waals surface area contributed by atoms with E-state index in [1.54, 1.807) is 12.1 Å². The lowest BCUT2D eigenvalue weighted by atomic mass is 10.1. The van der Waals surface area contributed by atoms with Crippen molar-refractivity contribution in [1.82, 2.24) is 13.7 Å². The quantitative estimate of drug-likeness (QED) is 0.0660. The van der Waals surface area contributed by atoms with Gasteiger partial charge in [-0.2, -0.15) is 0 Å². The van der Waals surface area contributed by atoms with Crippen molar-refractivity contribution in [2.75, 3.05) is 0 Å². The van der Waals surface area contributed by atoms with Crippen molar-refractivity contribution in [1.29, 1.82) is 0 Å². The topological polar surface area (TPSA) is 338 Å². The van der Waals surface area contributed by atoms with Crippen LogP contribution in [0.15, 0.2) is 60.7 Å². The van der Waals surface area contributed by atoms with E-state index < -0.39 is 136 Å². The summed E-state index contributed by atoms with van der Waals surface area (Å²) in [6.45, 7) is 1.87. The summed E-state index contributed by atoms with van der Waals surface area (Å²) in [5, 5.41) is 173. The summed E-state index contributed by atoms with van der Waals surface area (Å²) in [7, 11) is 0. The van der Waals surface area contributed by atoms with E-state index in [0.717, 1.165) is 14.7 Å². The molecule has 0 atom stereocenters. The molecule has 10 aromatic rings. The van der Waals surface area contributed by atoms with Crippen molar-refractivity contribution in [2.24, 2.45) is 0 Å². The van der Waals surface area contributed by atoms with Crippen LogP contribution in [-0.4, -0.2) is 95.4 Å². The predicted octanol–water partition coefficient (Wildman–Crippen LogP) is 6.58. The van der Waals surface area contributed by atoms with E-state index in [9.17, 15) is 81.7 Å². The van der Waals surface area contributed by atoms with Gasteiger partial charge in [0.05, 0.1) is 32.6 Å². The molecule has 19 heteroatoms. The van der Waals surface area contributed by atoms with Crippen LogP contribution in [0.2, 0.25) is 0 Å². The molecule has 16 N–H and O–H groups in total. The molecule has 0 radical (unpaired) electrons. The normalized spacial score (nSPS) is 12.0. The Balaban J connectivity index is 1.39. The summed E-state index contributed by atoms with van der Waals surface area (Å²) in [4.78, 5) is 0. The molecular formula is C43H29N3O16. The van der Waals surface area contributed by atoms with Crippen LogP contribution >= 0.6 is 0 Å². The fourth-order valence-electron chi connectivity index (χ4n) is 8.62. The van der Waals surface area contributed by atoms with E-state index in [1.165, 1.54) is 24.3 Å². The smallest absolute Gasteiger partial charge is 0.206 e. The Bertz CT molecular complexity index is 3360. The molecule has 62 heavy (non-hydrogen) atoms. The molecule has 0 saturated heterocycles. The summed E-state index contributed by atoms with van der Waals surface area (Å²) in [6.07, 6.45) is 0. The van der Waals surface area contributed by atoms with Crippen LogP contribution < -0.4 is 0 Å². The van der Waals surface area contributed by atoms with Gasteiger partial charge >= 0.3 is 0 Å². The first-order chi connectivity index (χ1) is 29.4. The summed E-state index contributed by atoms with van der Waals surface area (Å²) in [5.74, 6) is -18.1. The maximum absolute atomic E-state index is 11.3. The summed E-state index contributed by atoms with van der Waals surface area (Å²) in [6, 6.07) is 16.5. The number of hydrogen-bond donors (Lipinski definition) is 16. The molecule has 0 amide bonds. The molecule has 0 aliphatic heterocycles. The monoisotopic (exact) mass is 843 g/mol. The summed E-state index contributed by atoms with van der Waals surface area (Å²) in [5.41, 5.74) is 0.482. The third-order valence-electron chi connectivity index (χ3n) is 11.4. The molecular weight excluding hydrogens is 814 g/mol. The summed E-state index contributed by atoms with van der Waals surface area (Å²) < 4.78 is 3.90. The number of fused-ring (bicyclic) bond motifs is 9. The SMILES string of the molecule is Cc1cccc(-n2c3ccc(-n4c5c(O)c(O)c(O)c(O)c5c5c(O)c(O)c(O)c(O)c54)cc3c3cc(-n4c5c(O)c(O)c(O)c(O)c5c5c(O)c(O)c(O)c(O)c54)ccc32)c1. The summed E-state index contributed by atoms with van der Waals surface area (Å²) >= 11 is 0. The lowest BCUT2D eigenvalue weighted by Gasteiger charge is -2.13. The largest absolute Gasteiger partial charge is 0.504 e. The minimum Gasteiger partial charge on any atom is -0.504 e. The Morgan fingerprint density at radius 3 is 0.887 bits per heavy atom. The van der Waals surface area contributed by atoms with E-state index in [-0.39, 0.29) is 11.4 Å². The molecule has 3 heterocycles. The first-order valence-corrected chi connectivity index (χ1v) is 18.1. The van der Waals surface area contributed by atoms with Crippen LogP contribution in [0.5, 0.6) is 92.0 Å². The maximum atomic E-state index is 11.3. The highest BCUT2D eigenvalue weighted by Crippen LogP contribution is 2.61. The number of benzene rings is 7. The minimum atomic E-state index is -1.21. The Hall–Kier alpha value is -9.26. The van der Waals surface area contributed by atoms with Crippen molar-refractivity contribution in [3.05, 3.63) is 66.2 Å². The van der Waals surface area contributed by atoms with Gasteiger partial charge in [0.15, 0.2) is 46.0 Å². The molecule has 7 aromatic carbocycles. The molecule has 0 aliphatic rings. The third-order valence-corrected chi connectivity index (χ3v) is 11.4. The fourth-order valence-corrected chi connectivity index (χ4v) is 8.62. The van der Waals surface area contributed by atoms with Crippen molar-refractivity contribution in [3.8, 4) is 109 Å². The van der Waals surface area contributed by atoms with Gasteiger partial charge in [0.2, 0.25) is 46.0 Å². The van der Waals surface area contributed by atoms with Crippen LogP contribution in [0.25, 0.3) is 82.5 Å². The molecule has 0 unspecified atom stereocenters. The number of phenolic OH excluding ortho intramolecular Hbond substituents is 16. The predicted molar refractivity (Wildman–Crippen MR) is 221 cm³/mol. The van der Waals surface area contributed by atoms with Crippen LogP contribution in [0.1, 0.15) is 5.56 Å². The second kappa shape index (κ2) is 11.9. The van der Waals surface area contributed by atoms with Crippen molar-refractivity contribution in [3.63, 3.8) is 0 Å².